The number of aliphatic imine (C=N–C) groups is 1. The number of benzene rings is 3. The Hall–Kier alpha value is -2.98. The van der Waals surface area contributed by atoms with Gasteiger partial charge in [-0.3, -0.25) is 0 Å². The molecule has 0 N–H and O–H groups in total. The van der Waals surface area contributed by atoms with Crippen molar-refractivity contribution in [1.82, 2.24) is 0 Å². The van der Waals surface area contributed by atoms with Crippen molar-refractivity contribution < 1.29 is 35.9 Å². The zero-order valence-electron chi connectivity index (χ0n) is 17.9. The minimum atomic E-state index is -4.87. The smallest absolute Gasteiger partial charge is 0.435 e. The second kappa shape index (κ2) is 8.55. The van der Waals surface area contributed by atoms with E-state index in [1.165, 1.54) is 18.2 Å². The molecule has 2 aliphatic rings. The van der Waals surface area contributed by atoms with E-state index in [0.717, 1.165) is 12.1 Å². The van der Waals surface area contributed by atoms with Crippen LogP contribution in [-0.4, -0.2) is 36.6 Å². The van der Waals surface area contributed by atoms with E-state index in [0.29, 0.717) is 16.3 Å². The van der Waals surface area contributed by atoms with Crippen molar-refractivity contribution in [1.29, 1.82) is 0 Å². The van der Waals surface area contributed by atoms with Crippen LogP contribution in [0.2, 0.25) is 10.0 Å². The van der Waals surface area contributed by atoms with Crippen molar-refractivity contribution in [3.05, 3.63) is 81.3 Å². The first-order valence-electron chi connectivity index (χ1n) is 10.5. The fraction of sp³-hybridized carbons (Fsp3) is 0.250. The van der Waals surface area contributed by atoms with Crippen molar-refractivity contribution in [2.24, 2.45) is 10.1 Å². The van der Waals surface area contributed by atoms with Crippen LogP contribution in [0.3, 0.4) is 0 Å². The maximum atomic E-state index is 14.4. The van der Waals surface area contributed by atoms with Gasteiger partial charge in [-0.15, -0.1) is 0 Å². The Kier molecular flexibility index (Phi) is 5.87. The molecule has 2 unspecified atom stereocenters. The third-order valence-electron chi connectivity index (χ3n) is 6.00. The summed E-state index contributed by atoms with van der Waals surface area (Å²) in [7, 11) is 0. The molecule has 0 saturated heterocycles. The van der Waals surface area contributed by atoms with Gasteiger partial charge < -0.3 is 9.57 Å². The van der Waals surface area contributed by atoms with Gasteiger partial charge in [-0.05, 0) is 35.0 Å². The van der Waals surface area contributed by atoms with Crippen LogP contribution in [0.1, 0.15) is 23.1 Å². The van der Waals surface area contributed by atoms with Gasteiger partial charge in [0.15, 0.2) is 0 Å². The van der Waals surface area contributed by atoms with Crippen LogP contribution in [0, 0.1) is 0 Å². The van der Waals surface area contributed by atoms with E-state index in [2.05, 4.69) is 10.1 Å². The standard InChI is InChI=1S/C24H14Cl2F6N2O2/c25-13-7-12(8-14(26)9-13)22(24(30,31)32)10-19(34-36-22)17-5-6-18(16-4-2-1-3-15(16)17)21-33-11-20(35-21)23(27,28)29/h1-9,20H,10-11H2. The van der Waals surface area contributed by atoms with Crippen molar-refractivity contribution in [2.75, 3.05) is 6.54 Å². The van der Waals surface area contributed by atoms with Crippen molar-refractivity contribution in [3.8, 4) is 0 Å². The molecular formula is C24H14Cl2F6N2O2. The van der Waals surface area contributed by atoms with Gasteiger partial charge >= 0.3 is 12.4 Å². The Labute approximate surface area is 210 Å². The highest BCUT2D eigenvalue weighted by Gasteiger charge is 2.62. The van der Waals surface area contributed by atoms with Gasteiger partial charge in [-0.1, -0.05) is 58.7 Å². The minimum absolute atomic E-state index is 0.00229. The molecule has 4 nitrogen and oxygen atoms in total. The number of ether oxygens (including phenoxy) is 1. The molecule has 5 rings (SSSR count). The predicted octanol–water partition coefficient (Wildman–Crippen LogP) is 7.44. The van der Waals surface area contributed by atoms with Crippen molar-refractivity contribution in [2.45, 2.75) is 30.5 Å². The van der Waals surface area contributed by atoms with Gasteiger partial charge in [0, 0.05) is 33.2 Å². The second-order valence-corrected chi connectivity index (χ2v) is 9.16. The van der Waals surface area contributed by atoms with Crippen LogP contribution < -0.4 is 0 Å². The van der Waals surface area contributed by atoms with Crippen molar-refractivity contribution >= 4 is 45.6 Å². The number of nitrogens with zero attached hydrogens (tertiary/aromatic N) is 2. The molecule has 2 aliphatic heterocycles. The highest BCUT2D eigenvalue weighted by Crippen LogP contribution is 2.50. The lowest BCUT2D eigenvalue weighted by molar-refractivity contribution is -0.275. The van der Waals surface area contributed by atoms with Crippen LogP contribution in [0.15, 0.2) is 64.7 Å². The lowest BCUT2D eigenvalue weighted by Crippen LogP contribution is -2.42. The van der Waals surface area contributed by atoms with Crippen LogP contribution >= 0.6 is 23.2 Å². The molecule has 0 bridgehead atoms. The summed E-state index contributed by atoms with van der Waals surface area (Å²) in [5.74, 6) is -0.192. The molecule has 3 aromatic rings. The first-order valence-corrected chi connectivity index (χ1v) is 11.2. The topological polar surface area (TPSA) is 43.2 Å². The van der Waals surface area contributed by atoms with Crippen LogP contribution in [0.5, 0.6) is 0 Å². The average molecular weight is 547 g/mol. The highest BCUT2D eigenvalue weighted by atomic mass is 35.5. The number of oxime groups is 1. The van der Waals surface area contributed by atoms with E-state index in [9.17, 15) is 26.3 Å². The van der Waals surface area contributed by atoms with E-state index in [1.54, 1.807) is 24.3 Å². The Morgan fingerprint density at radius 2 is 1.47 bits per heavy atom. The second-order valence-electron chi connectivity index (χ2n) is 8.29. The number of alkyl halides is 6. The fourth-order valence-electron chi connectivity index (χ4n) is 4.27. The quantitative estimate of drug-likeness (QED) is 0.320. The summed E-state index contributed by atoms with van der Waals surface area (Å²) in [6.45, 7) is -0.578. The van der Waals surface area contributed by atoms with Crippen molar-refractivity contribution in [3.63, 3.8) is 0 Å². The Bertz CT molecular complexity index is 1400. The molecule has 0 aromatic heterocycles. The van der Waals surface area contributed by atoms with Gasteiger partial charge in [0.2, 0.25) is 12.0 Å². The number of fused-ring (bicyclic) bond motifs is 1. The van der Waals surface area contributed by atoms with E-state index in [-0.39, 0.29) is 32.8 Å². The highest BCUT2D eigenvalue weighted by molar-refractivity contribution is 6.34. The molecule has 36 heavy (non-hydrogen) atoms. The lowest BCUT2D eigenvalue weighted by Gasteiger charge is -2.29. The van der Waals surface area contributed by atoms with Gasteiger partial charge in [0.1, 0.15) is 0 Å². The monoisotopic (exact) mass is 546 g/mol. The van der Waals surface area contributed by atoms with Gasteiger partial charge in [-0.25, -0.2) is 4.99 Å². The SMILES string of the molecule is FC(F)(F)C1CN=C(c2ccc(C3=NOC(c4cc(Cl)cc(Cl)c4)(C(F)(F)F)C3)c3ccccc23)O1. The van der Waals surface area contributed by atoms with E-state index < -0.39 is 37.0 Å². The molecule has 188 valence electrons. The first-order chi connectivity index (χ1) is 16.9. The Balaban J connectivity index is 1.55. The van der Waals surface area contributed by atoms with Gasteiger partial charge in [-0.2, -0.15) is 26.3 Å². The maximum absolute atomic E-state index is 14.4. The van der Waals surface area contributed by atoms with Gasteiger partial charge in [0.05, 0.1) is 12.3 Å². The molecule has 0 radical (unpaired) electrons. The third kappa shape index (κ3) is 4.16. The number of hydrogen-bond donors (Lipinski definition) is 0. The van der Waals surface area contributed by atoms with Crippen LogP contribution in [0.4, 0.5) is 26.3 Å². The molecule has 0 saturated carbocycles. The largest absolute Gasteiger partial charge is 0.462 e. The van der Waals surface area contributed by atoms with E-state index >= 15 is 0 Å². The molecule has 2 atom stereocenters. The predicted molar refractivity (Wildman–Crippen MR) is 123 cm³/mol. The number of halogens is 8. The molecule has 0 spiro atoms. The summed E-state index contributed by atoms with van der Waals surface area (Å²) < 4.78 is 87.3. The summed E-state index contributed by atoms with van der Waals surface area (Å²) in [4.78, 5) is 8.96. The minimum Gasteiger partial charge on any atom is -0.462 e. The van der Waals surface area contributed by atoms with Crippen LogP contribution in [-0.2, 0) is 15.2 Å². The summed E-state index contributed by atoms with van der Waals surface area (Å²) in [6.07, 6.45) is -12.2. The Morgan fingerprint density at radius 3 is 2.06 bits per heavy atom. The lowest BCUT2D eigenvalue weighted by atomic mass is 9.85. The maximum Gasteiger partial charge on any atom is 0.435 e. The van der Waals surface area contributed by atoms with E-state index in [1.807, 2.05) is 0 Å². The number of rotatable bonds is 3. The third-order valence-corrected chi connectivity index (χ3v) is 6.44. The summed E-state index contributed by atoms with van der Waals surface area (Å²) in [6, 6.07) is 13.0. The summed E-state index contributed by atoms with van der Waals surface area (Å²) >= 11 is 11.9. The average Bonchev–Trinajstić information content (AvgIpc) is 3.46. The fourth-order valence-corrected chi connectivity index (χ4v) is 4.79. The molecule has 0 amide bonds. The van der Waals surface area contributed by atoms with Gasteiger partial charge in [0.25, 0.3) is 5.60 Å². The molecule has 3 aromatic carbocycles. The summed E-state index contributed by atoms with van der Waals surface area (Å²) in [5, 5.41) is 4.67. The molecular weight excluding hydrogens is 533 g/mol. The zero-order chi connectivity index (χ0) is 25.9. The summed E-state index contributed by atoms with van der Waals surface area (Å²) in [5.41, 5.74) is -2.54. The first kappa shape index (κ1) is 24.7. The van der Waals surface area contributed by atoms with Crippen LogP contribution in [0.25, 0.3) is 10.8 Å². The molecule has 2 heterocycles. The number of hydrogen-bond acceptors (Lipinski definition) is 4. The van der Waals surface area contributed by atoms with E-state index in [4.69, 9.17) is 32.8 Å². The zero-order valence-corrected chi connectivity index (χ0v) is 19.4. The molecule has 0 fully saturated rings. The normalized spacial score (nSPS) is 22.3. The Morgan fingerprint density at radius 1 is 0.861 bits per heavy atom. The molecule has 12 heteroatoms. The molecule has 0 aliphatic carbocycles.